The van der Waals surface area contributed by atoms with Gasteiger partial charge >= 0.3 is 0 Å². The van der Waals surface area contributed by atoms with Crippen molar-refractivity contribution < 1.29 is 4.42 Å². The van der Waals surface area contributed by atoms with Crippen molar-refractivity contribution in [3.05, 3.63) is 188 Å². The first kappa shape index (κ1) is 29.7. The molecule has 1 heterocycles. The molecule has 0 unspecified atom stereocenters. The summed E-state index contributed by atoms with van der Waals surface area (Å²) in [6.07, 6.45) is 0. The number of hydrogen-bond acceptors (Lipinski definition) is 2. The number of fused-ring (bicyclic) bond motifs is 8. The number of nitrogens with zero attached hydrogens (tertiary/aromatic N) is 1. The van der Waals surface area contributed by atoms with Crippen molar-refractivity contribution in [3.63, 3.8) is 0 Å². The normalized spacial score (nSPS) is 11.8. The van der Waals surface area contributed by atoms with Crippen molar-refractivity contribution in [2.24, 2.45) is 0 Å². The molecule has 0 N–H and O–H groups in total. The number of aromatic nitrogens is 1. The van der Waals surface area contributed by atoms with Gasteiger partial charge in [0.25, 0.3) is 0 Å². The maximum Gasteiger partial charge on any atom is 0.227 e. The van der Waals surface area contributed by atoms with E-state index in [1.807, 2.05) is 30.3 Å². The topological polar surface area (TPSA) is 26.0 Å². The van der Waals surface area contributed by atoms with Crippen LogP contribution in [0.15, 0.2) is 192 Å². The molecule has 0 fully saturated rings. The number of oxazole rings is 1. The van der Waals surface area contributed by atoms with Gasteiger partial charge in [-0.2, -0.15) is 0 Å². The van der Waals surface area contributed by atoms with Gasteiger partial charge in [-0.15, -0.1) is 0 Å². The van der Waals surface area contributed by atoms with Crippen molar-refractivity contribution in [1.82, 2.24) is 4.98 Å². The van der Waals surface area contributed by atoms with Crippen molar-refractivity contribution in [2.75, 3.05) is 0 Å². The molecule has 11 aromatic rings. The van der Waals surface area contributed by atoms with E-state index >= 15 is 0 Å². The van der Waals surface area contributed by atoms with E-state index in [1.54, 1.807) is 0 Å². The summed E-state index contributed by atoms with van der Waals surface area (Å²) >= 11 is 0. The summed E-state index contributed by atoms with van der Waals surface area (Å²) in [6.45, 7) is 0. The molecule has 0 aliphatic heterocycles. The van der Waals surface area contributed by atoms with Crippen LogP contribution in [0, 0.1) is 0 Å². The van der Waals surface area contributed by atoms with Crippen LogP contribution in [0.5, 0.6) is 0 Å². The zero-order valence-corrected chi connectivity index (χ0v) is 28.8. The third kappa shape index (κ3) is 4.77. The smallest absolute Gasteiger partial charge is 0.227 e. The highest BCUT2D eigenvalue weighted by Crippen LogP contribution is 2.45. The highest BCUT2D eigenvalue weighted by atomic mass is 16.3. The molecule has 0 aliphatic rings. The van der Waals surface area contributed by atoms with Gasteiger partial charge in [0.05, 0.1) is 0 Å². The van der Waals surface area contributed by atoms with Gasteiger partial charge in [-0.3, -0.25) is 0 Å². The Kier molecular flexibility index (Phi) is 6.59. The Morgan fingerprint density at radius 3 is 1.43 bits per heavy atom. The minimum absolute atomic E-state index is 0.638. The molecule has 1 aromatic heterocycles. The zero-order valence-electron chi connectivity index (χ0n) is 28.8. The predicted octanol–water partition coefficient (Wildman–Crippen LogP) is 14.3. The van der Waals surface area contributed by atoms with E-state index in [0.717, 1.165) is 32.8 Å². The van der Waals surface area contributed by atoms with Crippen LogP contribution in [-0.2, 0) is 0 Å². The highest BCUT2D eigenvalue weighted by Gasteiger charge is 2.19. The molecule has 0 bridgehead atoms. The molecule has 0 saturated carbocycles. The highest BCUT2D eigenvalue weighted by molar-refractivity contribution is 6.24. The summed E-state index contributed by atoms with van der Waals surface area (Å²) in [7, 11) is 0. The standard InChI is InChI=1S/C51H31NO/c1-3-11-32(12-4-1)36-22-23-38-30-39(26-24-37(38)29-36)47-41-15-7-9-17-43(41)48(44-18-10-8-16-42(44)47)40-25-20-33-19-21-34-27-28-46-50(49(34)45(33)31-40)53-51(52-46)35-13-5-2-6-14-35/h1-31H. The number of rotatable bonds is 4. The Labute approximate surface area is 306 Å². The fourth-order valence-corrected chi connectivity index (χ4v) is 8.34. The molecule has 0 amide bonds. The summed E-state index contributed by atoms with van der Waals surface area (Å²) in [5, 5.41) is 12.0. The van der Waals surface area contributed by atoms with Crippen LogP contribution in [0.2, 0.25) is 0 Å². The van der Waals surface area contributed by atoms with Gasteiger partial charge in [0.2, 0.25) is 5.89 Å². The Morgan fingerprint density at radius 2 is 0.792 bits per heavy atom. The summed E-state index contributed by atoms with van der Waals surface area (Å²) < 4.78 is 6.57. The fraction of sp³-hybridized carbons (Fsp3) is 0. The lowest BCUT2D eigenvalue weighted by molar-refractivity contribution is 0.623. The Bertz CT molecular complexity index is 3160. The Balaban J connectivity index is 1.13. The van der Waals surface area contributed by atoms with Crippen LogP contribution in [0.4, 0.5) is 0 Å². The second-order valence-electron chi connectivity index (χ2n) is 13.9. The SMILES string of the molecule is c1ccc(-c2ccc3cc(-c4c5ccccc5c(-c5ccc6ccc7ccc8nc(-c9ccccc9)oc8c7c6c5)c5ccccc45)ccc3c2)cc1. The molecule has 10 aromatic carbocycles. The first-order chi connectivity index (χ1) is 26.3. The average Bonchev–Trinajstić information content (AvgIpc) is 3.68. The van der Waals surface area contributed by atoms with Gasteiger partial charge in [0.1, 0.15) is 5.52 Å². The van der Waals surface area contributed by atoms with Crippen molar-refractivity contribution in [2.45, 2.75) is 0 Å². The summed E-state index contributed by atoms with van der Waals surface area (Å²) in [5.41, 5.74) is 10.0. The van der Waals surface area contributed by atoms with Gasteiger partial charge in [-0.05, 0) is 118 Å². The molecule has 11 rings (SSSR count). The van der Waals surface area contributed by atoms with Crippen LogP contribution in [0.1, 0.15) is 0 Å². The number of benzene rings is 10. The largest absolute Gasteiger partial charge is 0.435 e. The average molecular weight is 674 g/mol. The maximum atomic E-state index is 6.57. The van der Waals surface area contributed by atoms with Gasteiger partial charge < -0.3 is 4.42 Å². The first-order valence-corrected chi connectivity index (χ1v) is 18.1. The molecule has 53 heavy (non-hydrogen) atoms. The molecular formula is C51H31NO. The Hall–Kier alpha value is -7.03. The van der Waals surface area contributed by atoms with Crippen molar-refractivity contribution in [1.29, 1.82) is 0 Å². The van der Waals surface area contributed by atoms with E-state index in [9.17, 15) is 0 Å². The second-order valence-corrected chi connectivity index (χ2v) is 13.9. The number of hydrogen-bond donors (Lipinski definition) is 0. The molecule has 2 nitrogen and oxygen atoms in total. The molecule has 0 radical (unpaired) electrons. The third-order valence-corrected chi connectivity index (χ3v) is 10.8. The second kappa shape index (κ2) is 11.8. The lowest BCUT2D eigenvalue weighted by atomic mass is 9.85. The van der Waals surface area contributed by atoms with Crippen LogP contribution in [0.3, 0.4) is 0 Å². The monoisotopic (exact) mass is 673 g/mol. The van der Waals surface area contributed by atoms with E-state index in [-0.39, 0.29) is 0 Å². The molecule has 0 spiro atoms. The molecule has 2 heteroatoms. The van der Waals surface area contributed by atoms with E-state index in [2.05, 4.69) is 158 Å². The van der Waals surface area contributed by atoms with Crippen LogP contribution >= 0.6 is 0 Å². The van der Waals surface area contributed by atoms with E-state index < -0.39 is 0 Å². The minimum Gasteiger partial charge on any atom is -0.435 e. The third-order valence-electron chi connectivity index (χ3n) is 10.8. The maximum absolute atomic E-state index is 6.57. The van der Waals surface area contributed by atoms with Crippen molar-refractivity contribution in [3.8, 4) is 44.8 Å². The molecule has 0 aliphatic carbocycles. The molecule has 0 atom stereocenters. The lowest BCUT2D eigenvalue weighted by Crippen LogP contribution is -1.91. The van der Waals surface area contributed by atoms with Gasteiger partial charge in [0, 0.05) is 10.9 Å². The van der Waals surface area contributed by atoms with Crippen LogP contribution in [0.25, 0.3) is 110 Å². The van der Waals surface area contributed by atoms with E-state index in [1.165, 1.54) is 71.1 Å². The lowest BCUT2D eigenvalue weighted by Gasteiger charge is -2.18. The summed E-state index contributed by atoms with van der Waals surface area (Å²) in [4.78, 5) is 4.91. The first-order valence-electron chi connectivity index (χ1n) is 18.1. The van der Waals surface area contributed by atoms with E-state index in [0.29, 0.717) is 5.89 Å². The van der Waals surface area contributed by atoms with Crippen LogP contribution < -0.4 is 0 Å². The fourth-order valence-electron chi connectivity index (χ4n) is 8.34. The predicted molar refractivity (Wildman–Crippen MR) is 223 cm³/mol. The zero-order chi connectivity index (χ0) is 34.9. The van der Waals surface area contributed by atoms with Gasteiger partial charge in [0.15, 0.2) is 5.58 Å². The van der Waals surface area contributed by atoms with Crippen molar-refractivity contribution >= 4 is 65.0 Å². The molecule has 0 saturated heterocycles. The molecular weight excluding hydrogens is 643 g/mol. The quantitative estimate of drug-likeness (QED) is 0.137. The van der Waals surface area contributed by atoms with Gasteiger partial charge in [-0.25, -0.2) is 4.98 Å². The molecule has 246 valence electrons. The summed E-state index contributed by atoms with van der Waals surface area (Å²) in [6, 6.07) is 67.7. The van der Waals surface area contributed by atoms with E-state index in [4.69, 9.17) is 9.40 Å². The minimum atomic E-state index is 0.638. The van der Waals surface area contributed by atoms with Crippen LogP contribution in [-0.4, -0.2) is 4.98 Å². The Morgan fingerprint density at radius 1 is 0.321 bits per heavy atom. The summed E-state index contributed by atoms with van der Waals surface area (Å²) in [5.74, 6) is 0.638. The van der Waals surface area contributed by atoms with Gasteiger partial charge in [-0.1, -0.05) is 152 Å².